The van der Waals surface area contributed by atoms with E-state index < -0.39 is 0 Å². The van der Waals surface area contributed by atoms with Gasteiger partial charge in [-0.05, 0) is 31.5 Å². The van der Waals surface area contributed by atoms with Crippen LogP contribution in [0.1, 0.15) is 30.4 Å². The molecule has 0 amide bonds. The molecular weight excluding hydrogens is 291 g/mol. The number of hydrogen-bond acceptors (Lipinski definition) is 2. The summed E-state index contributed by atoms with van der Waals surface area (Å²) in [5.41, 5.74) is 3.67. The van der Waals surface area contributed by atoms with Crippen molar-refractivity contribution < 1.29 is 9.18 Å². The first-order valence-electron chi connectivity index (χ1n) is 7.51. The Labute approximate surface area is 134 Å². The van der Waals surface area contributed by atoms with Crippen molar-refractivity contribution in [2.24, 2.45) is 0 Å². The Kier molecular flexibility index (Phi) is 4.06. The van der Waals surface area contributed by atoms with Gasteiger partial charge in [-0.3, -0.25) is 9.48 Å². The Hall–Kier alpha value is -2.75. The van der Waals surface area contributed by atoms with Crippen LogP contribution in [-0.2, 0) is 0 Å². The summed E-state index contributed by atoms with van der Waals surface area (Å²) in [5.74, 6) is -0.307. The molecule has 0 bridgehead atoms. The highest BCUT2D eigenvalue weighted by atomic mass is 19.1. The summed E-state index contributed by atoms with van der Waals surface area (Å²) in [5, 5.41) is 4.64. The van der Waals surface area contributed by atoms with E-state index >= 15 is 0 Å². The van der Waals surface area contributed by atoms with Crippen LogP contribution in [0.3, 0.4) is 0 Å². The average Bonchev–Trinajstić information content (AvgIpc) is 2.96. The highest BCUT2D eigenvalue weighted by molar-refractivity contribution is 5.93. The summed E-state index contributed by atoms with van der Waals surface area (Å²) in [4.78, 5) is 11.7. The van der Waals surface area contributed by atoms with Gasteiger partial charge in [0.15, 0.2) is 6.29 Å². The average molecular weight is 308 g/mol. The lowest BCUT2D eigenvalue weighted by Gasteiger charge is -2.07. The van der Waals surface area contributed by atoms with Crippen LogP contribution in [0.5, 0.6) is 0 Å². The van der Waals surface area contributed by atoms with Crippen molar-refractivity contribution in [3.8, 4) is 22.4 Å². The molecule has 3 rings (SSSR count). The van der Waals surface area contributed by atoms with Gasteiger partial charge in [0.1, 0.15) is 17.2 Å². The van der Waals surface area contributed by atoms with Gasteiger partial charge in [0.25, 0.3) is 0 Å². The summed E-state index contributed by atoms with van der Waals surface area (Å²) in [6, 6.07) is 15.9. The number of carbonyl (C=O) groups is 1. The van der Waals surface area contributed by atoms with Gasteiger partial charge in [0.2, 0.25) is 0 Å². The Morgan fingerprint density at radius 3 is 2.22 bits per heavy atom. The smallest absolute Gasteiger partial charge is 0.168 e. The van der Waals surface area contributed by atoms with Gasteiger partial charge in [0.05, 0.1) is 0 Å². The minimum absolute atomic E-state index is 0.0480. The number of halogens is 1. The van der Waals surface area contributed by atoms with Crippen LogP contribution in [-0.4, -0.2) is 16.1 Å². The van der Waals surface area contributed by atoms with Gasteiger partial charge in [-0.2, -0.15) is 5.10 Å². The van der Waals surface area contributed by atoms with Gasteiger partial charge in [-0.25, -0.2) is 4.39 Å². The Morgan fingerprint density at radius 2 is 1.65 bits per heavy atom. The second kappa shape index (κ2) is 6.16. The van der Waals surface area contributed by atoms with Crippen molar-refractivity contribution >= 4 is 6.29 Å². The molecular formula is C19H17FN2O. The minimum Gasteiger partial charge on any atom is -0.296 e. The molecule has 4 heteroatoms. The van der Waals surface area contributed by atoms with Crippen molar-refractivity contribution in [2.45, 2.75) is 19.9 Å². The molecule has 3 nitrogen and oxygen atoms in total. The monoisotopic (exact) mass is 308 g/mol. The molecule has 0 aliphatic heterocycles. The Balaban J connectivity index is 2.30. The van der Waals surface area contributed by atoms with E-state index in [-0.39, 0.29) is 11.9 Å². The van der Waals surface area contributed by atoms with E-state index in [4.69, 9.17) is 0 Å². The van der Waals surface area contributed by atoms with Crippen molar-refractivity contribution in [1.29, 1.82) is 0 Å². The Morgan fingerprint density at radius 1 is 1.00 bits per heavy atom. The molecule has 0 N–H and O–H groups in total. The maximum Gasteiger partial charge on any atom is 0.168 e. The molecule has 23 heavy (non-hydrogen) atoms. The zero-order chi connectivity index (χ0) is 16.4. The maximum atomic E-state index is 13.3. The second-order valence-corrected chi connectivity index (χ2v) is 5.64. The molecule has 0 fully saturated rings. The first-order valence-corrected chi connectivity index (χ1v) is 7.51. The SMILES string of the molecule is CC(C)n1nc(-c2ccccc2)c(-c2ccc(F)cc2)c1C=O. The standard InChI is InChI=1S/C19H17FN2O/c1-13(2)22-17(12-23)18(14-8-10-16(20)11-9-14)19(21-22)15-6-4-3-5-7-15/h3-13H,1-2H3. The fourth-order valence-electron chi connectivity index (χ4n) is 2.65. The van der Waals surface area contributed by atoms with Gasteiger partial charge in [-0.15, -0.1) is 0 Å². The van der Waals surface area contributed by atoms with Crippen LogP contribution < -0.4 is 0 Å². The normalized spacial score (nSPS) is 11.0. The molecule has 0 aliphatic carbocycles. The summed E-state index contributed by atoms with van der Waals surface area (Å²) in [6.45, 7) is 3.95. The second-order valence-electron chi connectivity index (χ2n) is 5.64. The molecule has 0 saturated heterocycles. The predicted molar refractivity (Wildman–Crippen MR) is 88.8 cm³/mol. The number of benzene rings is 2. The van der Waals surface area contributed by atoms with E-state index in [0.717, 1.165) is 28.7 Å². The largest absolute Gasteiger partial charge is 0.296 e. The molecule has 0 unspecified atom stereocenters. The van der Waals surface area contributed by atoms with E-state index in [1.807, 2.05) is 44.2 Å². The summed E-state index contributed by atoms with van der Waals surface area (Å²) in [7, 11) is 0. The van der Waals surface area contributed by atoms with Gasteiger partial charge in [0, 0.05) is 17.2 Å². The lowest BCUT2D eigenvalue weighted by Crippen LogP contribution is -2.07. The Bertz CT molecular complexity index is 821. The molecule has 0 spiro atoms. The molecule has 116 valence electrons. The van der Waals surface area contributed by atoms with E-state index in [1.54, 1.807) is 16.8 Å². The van der Waals surface area contributed by atoms with Crippen molar-refractivity contribution in [3.05, 3.63) is 66.1 Å². The maximum absolute atomic E-state index is 13.3. The highest BCUT2D eigenvalue weighted by Crippen LogP contribution is 2.35. The minimum atomic E-state index is -0.307. The van der Waals surface area contributed by atoms with Crippen LogP contribution in [0.4, 0.5) is 4.39 Å². The quantitative estimate of drug-likeness (QED) is 0.652. The van der Waals surface area contributed by atoms with Crippen LogP contribution in [0.15, 0.2) is 54.6 Å². The first kappa shape index (κ1) is 15.2. The van der Waals surface area contributed by atoms with Gasteiger partial charge in [-0.1, -0.05) is 42.5 Å². The predicted octanol–water partition coefficient (Wildman–Crippen LogP) is 4.75. The molecule has 0 saturated carbocycles. The van der Waals surface area contributed by atoms with Crippen LogP contribution in [0, 0.1) is 5.82 Å². The lowest BCUT2D eigenvalue weighted by atomic mass is 9.99. The summed E-state index contributed by atoms with van der Waals surface area (Å²) < 4.78 is 15.0. The zero-order valence-corrected chi connectivity index (χ0v) is 13.0. The van der Waals surface area contributed by atoms with Crippen molar-refractivity contribution in [2.75, 3.05) is 0 Å². The molecule has 0 atom stereocenters. The van der Waals surface area contributed by atoms with Crippen LogP contribution >= 0.6 is 0 Å². The number of nitrogens with zero attached hydrogens (tertiary/aromatic N) is 2. The lowest BCUT2D eigenvalue weighted by molar-refractivity contribution is 0.111. The van der Waals surface area contributed by atoms with E-state index in [0.29, 0.717) is 5.69 Å². The number of aromatic nitrogens is 2. The van der Waals surface area contributed by atoms with E-state index in [2.05, 4.69) is 5.10 Å². The number of carbonyl (C=O) groups excluding carboxylic acids is 1. The molecule has 1 aromatic heterocycles. The molecule has 0 radical (unpaired) electrons. The van der Waals surface area contributed by atoms with Gasteiger partial charge < -0.3 is 0 Å². The molecule has 2 aromatic carbocycles. The van der Waals surface area contributed by atoms with Crippen molar-refractivity contribution in [1.82, 2.24) is 9.78 Å². The van der Waals surface area contributed by atoms with E-state index in [9.17, 15) is 9.18 Å². The van der Waals surface area contributed by atoms with E-state index in [1.165, 1.54) is 12.1 Å². The zero-order valence-electron chi connectivity index (χ0n) is 13.0. The topological polar surface area (TPSA) is 34.9 Å². The third-order valence-corrected chi connectivity index (χ3v) is 3.73. The fraction of sp³-hybridized carbons (Fsp3) is 0.158. The molecule has 1 heterocycles. The fourth-order valence-corrected chi connectivity index (χ4v) is 2.65. The number of aldehydes is 1. The third kappa shape index (κ3) is 2.80. The molecule has 3 aromatic rings. The highest BCUT2D eigenvalue weighted by Gasteiger charge is 2.21. The number of hydrogen-bond donors (Lipinski definition) is 0. The van der Waals surface area contributed by atoms with Crippen molar-refractivity contribution in [3.63, 3.8) is 0 Å². The first-order chi connectivity index (χ1) is 11.1. The molecule has 0 aliphatic rings. The summed E-state index contributed by atoms with van der Waals surface area (Å²) >= 11 is 0. The number of rotatable bonds is 4. The van der Waals surface area contributed by atoms with Crippen LogP contribution in [0.2, 0.25) is 0 Å². The third-order valence-electron chi connectivity index (χ3n) is 3.73. The summed E-state index contributed by atoms with van der Waals surface area (Å²) in [6.07, 6.45) is 0.818. The van der Waals surface area contributed by atoms with Crippen LogP contribution in [0.25, 0.3) is 22.4 Å². The van der Waals surface area contributed by atoms with Gasteiger partial charge >= 0.3 is 0 Å².